The van der Waals surface area contributed by atoms with Crippen molar-refractivity contribution in [3.05, 3.63) is 45.4 Å². The Morgan fingerprint density at radius 2 is 2.00 bits per heavy atom. The van der Waals surface area contributed by atoms with Crippen molar-refractivity contribution >= 4 is 24.0 Å². The van der Waals surface area contributed by atoms with Crippen LogP contribution in [0.15, 0.2) is 24.3 Å². The van der Waals surface area contributed by atoms with Crippen molar-refractivity contribution in [2.24, 2.45) is 0 Å². The first-order valence-corrected chi connectivity index (χ1v) is 6.87. The van der Waals surface area contributed by atoms with Gasteiger partial charge in [0.1, 0.15) is 5.75 Å². The van der Waals surface area contributed by atoms with Crippen LogP contribution in [-0.2, 0) is 12.2 Å². The quantitative estimate of drug-likeness (QED) is 0.855. The van der Waals surface area contributed by atoms with Crippen molar-refractivity contribution in [2.75, 3.05) is 7.11 Å². The fraction of sp³-hybridized carbons (Fsp3) is 0.308. The summed E-state index contributed by atoms with van der Waals surface area (Å²) in [5, 5.41) is 1.15. The lowest BCUT2D eigenvalue weighted by Crippen LogP contribution is -1.88. The molecule has 0 aliphatic carbocycles. The van der Waals surface area contributed by atoms with Crippen LogP contribution in [0, 0.1) is 6.92 Å². The molecule has 90 valence electrons. The van der Waals surface area contributed by atoms with E-state index in [1.807, 2.05) is 19.1 Å². The lowest BCUT2D eigenvalue weighted by Gasteiger charge is -2.01. The van der Waals surface area contributed by atoms with Gasteiger partial charge in [-0.3, -0.25) is 0 Å². The molecule has 17 heavy (non-hydrogen) atoms. The van der Waals surface area contributed by atoms with Crippen molar-refractivity contribution in [2.45, 2.75) is 19.1 Å². The van der Waals surface area contributed by atoms with Crippen LogP contribution in [0.25, 0.3) is 0 Å². The molecule has 0 saturated heterocycles. The van der Waals surface area contributed by atoms with E-state index in [0.29, 0.717) is 0 Å². The van der Waals surface area contributed by atoms with Gasteiger partial charge in [0.15, 0.2) is 0 Å². The molecule has 0 fully saturated rings. The third-order valence-corrected chi connectivity index (χ3v) is 4.28. The van der Waals surface area contributed by atoms with Crippen LogP contribution in [0.5, 0.6) is 5.75 Å². The Labute approximate surface area is 111 Å². The van der Waals surface area contributed by atoms with E-state index in [4.69, 9.17) is 4.74 Å². The molecule has 4 heteroatoms. The van der Waals surface area contributed by atoms with Gasteiger partial charge in [-0.25, -0.2) is 4.98 Å². The minimum atomic E-state index is 0.770. The van der Waals surface area contributed by atoms with Gasteiger partial charge in [0, 0.05) is 17.1 Å². The third kappa shape index (κ3) is 3.01. The SMILES string of the molecule is COc1ccc(Cc2nc(C)c(CS)s2)cc1. The molecule has 1 aromatic heterocycles. The van der Waals surface area contributed by atoms with Crippen LogP contribution in [0.2, 0.25) is 0 Å². The topological polar surface area (TPSA) is 22.1 Å². The third-order valence-electron chi connectivity index (χ3n) is 2.59. The number of thiazole rings is 1. The Morgan fingerprint density at radius 3 is 2.53 bits per heavy atom. The van der Waals surface area contributed by atoms with Gasteiger partial charge in [0.2, 0.25) is 0 Å². The lowest BCUT2D eigenvalue weighted by molar-refractivity contribution is 0.414. The molecule has 2 rings (SSSR count). The summed E-state index contributed by atoms with van der Waals surface area (Å²) in [4.78, 5) is 5.82. The predicted molar refractivity (Wildman–Crippen MR) is 75.3 cm³/mol. The molecule has 0 radical (unpaired) electrons. The number of aryl methyl sites for hydroxylation is 1. The van der Waals surface area contributed by atoms with Crippen molar-refractivity contribution in [1.82, 2.24) is 4.98 Å². The molecule has 0 saturated carbocycles. The molecule has 1 heterocycles. The highest BCUT2D eigenvalue weighted by Gasteiger charge is 2.06. The number of aromatic nitrogens is 1. The summed E-state index contributed by atoms with van der Waals surface area (Å²) < 4.78 is 5.14. The molecular formula is C13H15NOS2. The van der Waals surface area contributed by atoms with Gasteiger partial charge in [-0.1, -0.05) is 12.1 Å². The number of hydrogen-bond acceptors (Lipinski definition) is 4. The largest absolute Gasteiger partial charge is 0.497 e. The highest BCUT2D eigenvalue weighted by Crippen LogP contribution is 2.22. The Bertz CT molecular complexity index is 491. The first-order valence-electron chi connectivity index (χ1n) is 5.42. The zero-order valence-electron chi connectivity index (χ0n) is 9.93. The molecule has 2 nitrogen and oxygen atoms in total. The number of ether oxygens (including phenoxy) is 1. The van der Waals surface area contributed by atoms with Gasteiger partial charge in [0.25, 0.3) is 0 Å². The van der Waals surface area contributed by atoms with E-state index in [1.54, 1.807) is 18.4 Å². The van der Waals surface area contributed by atoms with E-state index in [1.165, 1.54) is 10.4 Å². The second-order valence-electron chi connectivity index (χ2n) is 3.80. The van der Waals surface area contributed by atoms with Crippen LogP contribution >= 0.6 is 24.0 Å². The molecule has 0 aliphatic rings. The molecular weight excluding hydrogens is 250 g/mol. The second kappa shape index (κ2) is 5.56. The Kier molecular flexibility index (Phi) is 4.07. The zero-order valence-corrected chi connectivity index (χ0v) is 11.6. The van der Waals surface area contributed by atoms with Crippen LogP contribution < -0.4 is 4.74 Å². The van der Waals surface area contributed by atoms with Gasteiger partial charge in [-0.05, 0) is 24.6 Å². The lowest BCUT2D eigenvalue weighted by atomic mass is 10.1. The predicted octanol–water partition coefficient (Wildman–Crippen LogP) is 3.48. The second-order valence-corrected chi connectivity index (χ2v) is 5.28. The summed E-state index contributed by atoms with van der Waals surface area (Å²) in [6, 6.07) is 8.12. The molecule has 0 N–H and O–H groups in total. The van der Waals surface area contributed by atoms with Crippen LogP contribution in [0.4, 0.5) is 0 Å². The number of methoxy groups -OCH3 is 1. The molecule has 0 unspecified atom stereocenters. The van der Waals surface area contributed by atoms with Crippen LogP contribution in [0.3, 0.4) is 0 Å². The number of nitrogens with zero attached hydrogens (tertiary/aromatic N) is 1. The Morgan fingerprint density at radius 1 is 1.29 bits per heavy atom. The van der Waals surface area contributed by atoms with E-state index >= 15 is 0 Å². The van der Waals surface area contributed by atoms with Crippen molar-refractivity contribution in [3.63, 3.8) is 0 Å². The summed E-state index contributed by atoms with van der Waals surface area (Å²) in [5.74, 6) is 1.66. The minimum Gasteiger partial charge on any atom is -0.497 e. The first kappa shape index (κ1) is 12.5. The highest BCUT2D eigenvalue weighted by atomic mass is 32.1. The number of hydrogen-bond donors (Lipinski definition) is 1. The molecule has 0 spiro atoms. The normalized spacial score (nSPS) is 10.5. The van der Waals surface area contributed by atoms with Crippen LogP contribution in [0.1, 0.15) is 21.1 Å². The fourth-order valence-corrected chi connectivity index (χ4v) is 3.01. The molecule has 0 bridgehead atoms. The minimum absolute atomic E-state index is 0.770. The molecule has 0 aliphatic heterocycles. The van der Waals surface area contributed by atoms with E-state index in [2.05, 4.69) is 29.7 Å². The van der Waals surface area contributed by atoms with Crippen LogP contribution in [-0.4, -0.2) is 12.1 Å². The monoisotopic (exact) mass is 265 g/mol. The van der Waals surface area contributed by atoms with Gasteiger partial charge in [-0.15, -0.1) is 11.3 Å². The van der Waals surface area contributed by atoms with Gasteiger partial charge in [-0.2, -0.15) is 12.6 Å². The maximum Gasteiger partial charge on any atom is 0.118 e. The smallest absolute Gasteiger partial charge is 0.118 e. The van der Waals surface area contributed by atoms with Gasteiger partial charge in [0.05, 0.1) is 17.8 Å². The molecule has 0 atom stereocenters. The average molecular weight is 265 g/mol. The molecule has 0 amide bonds. The highest BCUT2D eigenvalue weighted by molar-refractivity contribution is 7.79. The summed E-state index contributed by atoms with van der Waals surface area (Å²) in [5.41, 5.74) is 2.36. The Balaban J connectivity index is 2.13. The number of benzene rings is 1. The first-order chi connectivity index (χ1) is 8.22. The summed E-state index contributed by atoms with van der Waals surface area (Å²) in [7, 11) is 1.68. The number of rotatable bonds is 4. The van der Waals surface area contributed by atoms with Gasteiger partial charge < -0.3 is 4.74 Å². The van der Waals surface area contributed by atoms with Gasteiger partial charge >= 0.3 is 0 Å². The molecule has 2 aromatic rings. The average Bonchev–Trinajstić information content (AvgIpc) is 2.70. The standard InChI is InChI=1S/C13H15NOS2/c1-9-12(8-16)17-13(14-9)7-10-3-5-11(15-2)6-4-10/h3-6,16H,7-8H2,1-2H3. The van der Waals surface area contributed by atoms with E-state index < -0.39 is 0 Å². The van der Waals surface area contributed by atoms with E-state index in [0.717, 1.165) is 28.6 Å². The summed E-state index contributed by atoms with van der Waals surface area (Å²) >= 11 is 6.04. The fourth-order valence-electron chi connectivity index (χ4n) is 1.63. The van der Waals surface area contributed by atoms with Crippen molar-refractivity contribution in [1.29, 1.82) is 0 Å². The van der Waals surface area contributed by atoms with Crippen molar-refractivity contribution < 1.29 is 4.74 Å². The van der Waals surface area contributed by atoms with E-state index in [9.17, 15) is 0 Å². The maximum atomic E-state index is 5.14. The summed E-state index contributed by atoms with van der Waals surface area (Å²) in [6.45, 7) is 2.04. The zero-order chi connectivity index (χ0) is 12.3. The number of thiol groups is 1. The van der Waals surface area contributed by atoms with Crippen molar-refractivity contribution in [3.8, 4) is 5.75 Å². The molecule has 1 aromatic carbocycles. The Hall–Kier alpha value is -1.00. The maximum absolute atomic E-state index is 5.14. The summed E-state index contributed by atoms with van der Waals surface area (Å²) in [6.07, 6.45) is 0.878. The van der Waals surface area contributed by atoms with E-state index in [-0.39, 0.29) is 0 Å².